The van der Waals surface area contributed by atoms with Gasteiger partial charge in [-0.05, 0) is 42.8 Å². The Hall–Kier alpha value is -2.80. The maximum Gasteiger partial charge on any atom is 0.251 e. The normalized spacial score (nSPS) is 16.3. The number of nitrogens with zero attached hydrogens (tertiary/aromatic N) is 2. The molecule has 0 bridgehead atoms. The number of nitrogens with two attached hydrogens (primary N) is 1. The first-order valence-corrected chi connectivity index (χ1v) is 13.2. The highest BCUT2D eigenvalue weighted by Crippen LogP contribution is 2.20. The lowest BCUT2D eigenvalue weighted by atomic mass is 10.1. The van der Waals surface area contributed by atoms with Gasteiger partial charge in [0, 0.05) is 38.7 Å². The Balaban J connectivity index is 1.72. The van der Waals surface area contributed by atoms with Crippen molar-refractivity contribution in [2.24, 2.45) is 5.14 Å². The predicted octanol–water partition coefficient (Wildman–Crippen LogP) is 0.678. The molecule has 3 N–H and O–H groups in total. The van der Waals surface area contributed by atoms with Crippen LogP contribution in [0.15, 0.2) is 58.3 Å². The number of sulfonamides is 2. The molecule has 1 heterocycles. The van der Waals surface area contributed by atoms with Crippen LogP contribution in [0.3, 0.4) is 0 Å². The van der Waals surface area contributed by atoms with Gasteiger partial charge in [0.2, 0.25) is 26.0 Å². The van der Waals surface area contributed by atoms with Crippen LogP contribution in [0.1, 0.15) is 35.8 Å². The van der Waals surface area contributed by atoms with E-state index in [1.165, 1.54) is 47.6 Å². The minimum absolute atomic E-state index is 0.00316. The second kappa shape index (κ2) is 9.59. The van der Waals surface area contributed by atoms with Crippen LogP contribution in [0.5, 0.6) is 0 Å². The van der Waals surface area contributed by atoms with Gasteiger partial charge in [-0.1, -0.05) is 18.2 Å². The van der Waals surface area contributed by atoms with Gasteiger partial charge in [-0.15, -0.1) is 0 Å². The van der Waals surface area contributed by atoms with Crippen LogP contribution in [0.2, 0.25) is 0 Å². The van der Waals surface area contributed by atoms with Crippen LogP contribution >= 0.6 is 0 Å². The summed E-state index contributed by atoms with van der Waals surface area (Å²) in [5.41, 5.74) is 0.828. The molecule has 0 saturated carbocycles. The molecule has 1 aliphatic rings. The molecule has 2 amide bonds. The van der Waals surface area contributed by atoms with Crippen molar-refractivity contribution in [3.05, 3.63) is 59.7 Å². The molecule has 0 radical (unpaired) electrons. The van der Waals surface area contributed by atoms with Crippen LogP contribution in [-0.2, 0) is 24.8 Å². The predicted molar refractivity (Wildman–Crippen MR) is 121 cm³/mol. The largest absolute Gasteiger partial charge is 0.346 e. The summed E-state index contributed by atoms with van der Waals surface area (Å²) in [5, 5.41) is 7.87. The highest BCUT2D eigenvalue weighted by Gasteiger charge is 2.29. The van der Waals surface area contributed by atoms with E-state index in [0.717, 1.165) is 0 Å². The number of nitrogens with one attached hydrogen (secondary N) is 1. The molecular weight excluding hydrogens is 468 g/mol. The lowest BCUT2D eigenvalue weighted by molar-refractivity contribution is -0.129. The van der Waals surface area contributed by atoms with Crippen molar-refractivity contribution in [3.63, 3.8) is 0 Å². The number of carbonyl (C=O) groups excluding carboxylic acids is 2. The van der Waals surface area contributed by atoms with Crippen LogP contribution in [0.25, 0.3) is 0 Å². The molecule has 1 fully saturated rings. The van der Waals surface area contributed by atoms with Crippen molar-refractivity contribution in [3.8, 4) is 0 Å². The first-order chi connectivity index (χ1) is 15.4. The molecule has 1 saturated heterocycles. The van der Waals surface area contributed by atoms with E-state index in [2.05, 4.69) is 5.32 Å². The van der Waals surface area contributed by atoms with Crippen molar-refractivity contribution in [2.45, 2.75) is 29.7 Å². The van der Waals surface area contributed by atoms with Gasteiger partial charge >= 0.3 is 0 Å². The highest BCUT2D eigenvalue weighted by molar-refractivity contribution is 7.89. The fraction of sp³-hybridized carbons (Fsp3) is 0.333. The third-order valence-corrected chi connectivity index (χ3v) is 8.30. The molecule has 1 atom stereocenters. The summed E-state index contributed by atoms with van der Waals surface area (Å²) in [5.74, 6) is -0.574. The molecule has 2 aromatic carbocycles. The lowest BCUT2D eigenvalue weighted by Gasteiger charge is -2.33. The zero-order chi connectivity index (χ0) is 24.4. The first-order valence-electron chi connectivity index (χ1n) is 10.2. The topological polar surface area (TPSA) is 147 Å². The summed E-state index contributed by atoms with van der Waals surface area (Å²) >= 11 is 0. The molecule has 178 valence electrons. The molecule has 0 spiro atoms. The van der Waals surface area contributed by atoms with Crippen LogP contribution < -0.4 is 10.5 Å². The number of carbonyl (C=O) groups is 2. The Morgan fingerprint density at radius 3 is 2.09 bits per heavy atom. The average Bonchev–Trinajstić information content (AvgIpc) is 2.78. The van der Waals surface area contributed by atoms with Gasteiger partial charge in [0.25, 0.3) is 5.91 Å². The zero-order valence-electron chi connectivity index (χ0n) is 18.3. The average molecular weight is 495 g/mol. The molecule has 0 aromatic heterocycles. The molecule has 0 unspecified atom stereocenters. The summed E-state index contributed by atoms with van der Waals surface area (Å²) in [6.45, 7) is 4.17. The monoisotopic (exact) mass is 494 g/mol. The first kappa shape index (κ1) is 24.8. The SMILES string of the molecule is CC(=O)N1CCN(S(=O)(=O)c2cccc(C(=O)N[C@@H](C)c3ccc(S(N)(=O)=O)cc3)c2)CC1. The zero-order valence-corrected chi connectivity index (χ0v) is 19.9. The summed E-state index contributed by atoms with van der Waals surface area (Å²) < 4.78 is 50.1. The number of primary sulfonamides is 1. The van der Waals surface area contributed by atoms with E-state index < -0.39 is 32.0 Å². The third kappa shape index (κ3) is 5.77. The van der Waals surface area contributed by atoms with Crippen LogP contribution in [0, 0.1) is 0 Å². The van der Waals surface area contributed by atoms with Crippen molar-refractivity contribution < 1.29 is 26.4 Å². The molecule has 10 nitrogen and oxygen atoms in total. The van der Waals surface area contributed by atoms with Gasteiger partial charge in [0.05, 0.1) is 15.8 Å². The fourth-order valence-corrected chi connectivity index (χ4v) is 5.48. The fourth-order valence-electron chi connectivity index (χ4n) is 3.50. The molecule has 2 aromatic rings. The van der Waals surface area contributed by atoms with Crippen LogP contribution in [-0.4, -0.2) is 64.0 Å². The minimum Gasteiger partial charge on any atom is -0.346 e. The number of benzene rings is 2. The molecule has 12 heteroatoms. The van der Waals surface area contributed by atoms with Gasteiger partial charge in [0.15, 0.2) is 0 Å². The Kier molecular flexibility index (Phi) is 7.22. The van der Waals surface area contributed by atoms with E-state index in [9.17, 15) is 26.4 Å². The summed E-state index contributed by atoms with van der Waals surface area (Å²) in [6.07, 6.45) is 0. The lowest BCUT2D eigenvalue weighted by Crippen LogP contribution is -2.49. The smallest absolute Gasteiger partial charge is 0.251 e. The highest BCUT2D eigenvalue weighted by atomic mass is 32.2. The molecule has 33 heavy (non-hydrogen) atoms. The Morgan fingerprint density at radius 2 is 1.55 bits per heavy atom. The molecule has 1 aliphatic heterocycles. The summed E-state index contributed by atoms with van der Waals surface area (Å²) in [6, 6.07) is 11.1. The number of hydrogen-bond donors (Lipinski definition) is 2. The second-order valence-electron chi connectivity index (χ2n) is 7.75. The van der Waals surface area contributed by atoms with E-state index >= 15 is 0 Å². The molecule has 3 rings (SSSR count). The number of piperazine rings is 1. The van der Waals surface area contributed by atoms with Gasteiger partial charge in [-0.25, -0.2) is 22.0 Å². The Labute approximate surface area is 193 Å². The third-order valence-electron chi connectivity index (χ3n) is 5.47. The number of amides is 2. The van der Waals surface area contributed by atoms with E-state index in [1.807, 2.05) is 0 Å². The van der Waals surface area contributed by atoms with Crippen molar-refractivity contribution in [2.75, 3.05) is 26.2 Å². The van der Waals surface area contributed by atoms with E-state index in [-0.39, 0.29) is 34.4 Å². The quantitative estimate of drug-likeness (QED) is 0.604. The van der Waals surface area contributed by atoms with Crippen LogP contribution in [0.4, 0.5) is 0 Å². The number of hydrogen-bond acceptors (Lipinski definition) is 6. The van der Waals surface area contributed by atoms with E-state index in [1.54, 1.807) is 24.0 Å². The Bertz CT molecular complexity index is 1250. The minimum atomic E-state index is -3.82. The van der Waals surface area contributed by atoms with E-state index in [4.69, 9.17) is 5.14 Å². The van der Waals surface area contributed by atoms with Crippen molar-refractivity contribution >= 4 is 31.9 Å². The van der Waals surface area contributed by atoms with Gasteiger partial charge < -0.3 is 10.2 Å². The van der Waals surface area contributed by atoms with Gasteiger partial charge in [-0.2, -0.15) is 4.31 Å². The van der Waals surface area contributed by atoms with E-state index in [0.29, 0.717) is 18.7 Å². The Morgan fingerprint density at radius 1 is 0.939 bits per heavy atom. The van der Waals surface area contributed by atoms with Gasteiger partial charge in [0.1, 0.15) is 0 Å². The summed E-state index contributed by atoms with van der Waals surface area (Å²) in [7, 11) is -7.63. The maximum atomic E-state index is 13.0. The van der Waals surface area contributed by atoms with Crippen molar-refractivity contribution in [1.82, 2.24) is 14.5 Å². The molecular formula is C21H26N4O6S2. The van der Waals surface area contributed by atoms with Gasteiger partial charge in [-0.3, -0.25) is 9.59 Å². The molecule has 0 aliphatic carbocycles. The summed E-state index contributed by atoms with van der Waals surface area (Å²) in [4.78, 5) is 25.8. The standard InChI is InChI=1S/C21H26N4O6S2/c1-15(17-6-8-19(9-7-17)32(22,28)29)23-21(27)18-4-3-5-20(14-18)33(30,31)25-12-10-24(11-13-25)16(2)26/h3-9,14-15H,10-13H2,1-2H3,(H,23,27)(H2,22,28,29)/t15-/m0/s1. The second-order valence-corrected chi connectivity index (χ2v) is 11.2. The van der Waals surface area contributed by atoms with Crippen molar-refractivity contribution in [1.29, 1.82) is 0 Å². The number of rotatable bonds is 6. The maximum absolute atomic E-state index is 13.0.